The zero-order valence-electron chi connectivity index (χ0n) is 9.48. The van der Waals surface area contributed by atoms with Gasteiger partial charge in [-0.05, 0) is 35.9 Å². The Balaban J connectivity index is 2.19. The maximum Gasteiger partial charge on any atom is 0.196 e. The Bertz CT molecular complexity index is 619. The largest absolute Gasteiger partial charge is 0.378 e. The molecule has 0 aliphatic rings. The molecule has 0 aromatic heterocycles. The SMILES string of the molecule is Fc1ccc(NCc2cc(Cl)ccc2Br)c(F)c1F. The zero-order chi connectivity index (χ0) is 14.0. The van der Waals surface area contributed by atoms with Crippen molar-refractivity contribution in [2.45, 2.75) is 6.54 Å². The molecule has 0 bridgehead atoms. The Morgan fingerprint density at radius 1 is 1.05 bits per heavy atom. The van der Waals surface area contributed by atoms with Crippen LogP contribution < -0.4 is 5.32 Å². The highest BCUT2D eigenvalue weighted by Crippen LogP contribution is 2.24. The first kappa shape index (κ1) is 14.2. The fourth-order valence-electron chi connectivity index (χ4n) is 1.53. The second kappa shape index (κ2) is 5.84. The van der Waals surface area contributed by atoms with Gasteiger partial charge in [-0.1, -0.05) is 27.5 Å². The fraction of sp³-hybridized carbons (Fsp3) is 0.0769. The minimum Gasteiger partial charge on any atom is -0.378 e. The highest BCUT2D eigenvalue weighted by atomic mass is 79.9. The van der Waals surface area contributed by atoms with E-state index >= 15 is 0 Å². The van der Waals surface area contributed by atoms with Crippen molar-refractivity contribution in [1.82, 2.24) is 0 Å². The van der Waals surface area contributed by atoms with E-state index < -0.39 is 17.5 Å². The molecule has 0 radical (unpaired) electrons. The van der Waals surface area contributed by atoms with Crippen molar-refractivity contribution in [1.29, 1.82) is 0 Å². The van der Waals surface area contributed by atoms with Crippen LogP contribution in [0.15, 0.2) is 34.8 Å². The summed E-state index contributed by atoms with van der Waals surface area (Å²) < 4.78 is 40.0. The van der Waals surface area contributed by atoms with Crippen LogP contribution in [0.1, 0.15) is 5.56 Å². The van der Waals surface area contributed by atoms with Gasteiger partial charge < -0.3 is 5.32 Å². The monoisotopic (exact) mass is 349 g/mol. The van der Waals surface area contributed by atoms with Gasteiger partial charge in [0.1, 0.15) is 0 Å². The minimum atomic E-state index is -1.49. The number of hydrogen-bond acceptors (Lipinski definition) is 1. The van der Waals surface area contributed by atoms with Crippen LogP contribution in [-0.4, -0.2) is 0 Å². The lowest BCUT2D eigenvalue weighted by molar-refractivity contribution is 0.449. The smallest absolute Gasteiger partial charge is 0.196 e. The normalized spacial score (nSPS) is 10.6. The molecule has 0 fully saturated rings. The number of hydrogen-bond donors (Lipinski definition) is 1. The lowest BCUT2D eigenvalue weighted by atomic mass is 10.2. The van der Waals surface area contributed by atoms with Gasteiger partial charge in [-0.3, -0.25) is 0 Å². The van der Waals surface area contributed by atoms with Crippen molar-refractivity contribution in [3.8, 4) is 0 Å². The topological polar surface area (TPSA) is 12.0 Å². The molecule has 2 rings (SSSR count). The standard InChI is InChI=1S/C13H8BrClF3N/c14-9-2-1-8(15)5-7(9)6-19-11-4-3-10(16)12(17)13(11)18/h1-5,19H,6H2. The van der Waals surface area contributed by atoms with Crippen LogP contribution in [0.3, 0.4) is 0 Å². The third-order valence-corrected chi connectivity index (χ3v) is 3.52. The van der Waals surface area contributed by atoms with Gasteiger partial charge in [-0.25, -0.2) is 13.2 Å². The van der Waals surface area contributed by atoms with Gasteiger partial charge >= 0.3 is 0 Å². The third-order valence-electron chi connectivity index (χ3n) is 2.51. The Morgan fingerprint density at radius 3 is 2.53 bits per heavy atom. The fourth-order valence-corrected chi connectivity index (χ4v) is 2.11. The molecule has 2 aromatic rings. The first-order valence-corrected chi connectivity index (χ1v) is 6.47. The van der Waals surface area contributed by atoms with Crippen LogP contribution >= 0.6 is 27.5 Å². The van der Waals surface area contributed by atoms with Gasteiger partial charge in [0.05, 0.1) is 5.69 Å². The van der Waals surface area contributed by atoms with Crippen molar-refractivity contribution in [2.24, 2.45) is 0 Å². The quantitative estimate of drug-likeness (QED) is 0.757. The van der Waals surface area contributed by atoms with Gasteiger partial charge in [0.25, 0.3) is 0 Å². The van der Waals surface area contributed by atoms with Crippen LogP contribution in [0.4, 0.5) is 18.9 Å². The summed E-state index contributed by atoms with van der Waals surface area (Å²) in [4.78, 5) is 0. The highest BCUT2D eigenvalue weighted by Gasteiger charge is 2.13. The van der Waals surface area contributed by atoms with Crippen LogP contribution in [0.2, 0.25) is 5.02 Å². The van der Waals surface area contributed by atoms with E-state index in [0.717, 1.165) is 22.2 Å². The summed E-state index contributed by atoms with van der Waals surface area (Å²) >= 11 is 9.17. The summed E-state index contributed by atoms with van der Waals surface area (Å²) in [6, 6.07) is 7.16. The van der Waals surface area contributed by atoms with Crippen molar-refractivity contribution in [2.75, 3.05) is 5.32 Å². The lowest BCUT2D eigenvalue weighted by Gasteiger charge is -2.10. The first-order valence-electron chi connectivity index (χ1n) is 5.30. The molecule has 1 nitrogen and oxygen atoms in total. The molecule has 1 N–H and O–H groups in total. The molecule has 2 aromatic carbocycles. The maximum atomic E-state index is 13.4. The molecule has 0 saturated heterocycles. The van der Waals surface area contributed by atoms with Gasteiger partial charge in [-0.2, -0.15) is 0 Å². The molecule has 0 aliphatic heterocycles. The van der Waals surface area contributed by atoms with Crippen LogP contribution in [0.25, 0.3) is 0 Å². The van der Waals surface area contributed by atoms with E-state index in [2.05, 4.69) is 21.2 Å². The summed E-state index contributed by atoms with van der Waals surface area (Å²) in [7, 11) is 0. The summed E-state index contributed by atoms with van der Waals surface area (Å²) in [5.74, 6) is -3.94. The Morgan fingerprint density at radius 2 is 1.79 bits per heavy atom. The molecule has 0 heterocycles. The van der Waals surface area contributed by atoms with Crippen molar-refractivity contribution in [3.63, 3.8) is 0 Å². The van der Waals surface area contributed by atoms with E-state index in [1.54, 1.807) is 18.2 Å². The van der Waals surface area contributed by atoms with E-state index in [1.165, 1.54) is 0 Å². The van der Waals surface area contributed by atoms with E-state index in [9.17, 15) is 13.2 Å². The van der Waals surface area contributed by atoms with E-state index in [4.69, 9.17) is 11.6 Å². The number of anilines is 1. The maximum absolute atomic E-state index is 13.4. The highest BCUT2D eigenvalue weighted by molar-refractivity contribution is 9.10. The van der Waals surface area contributed by atoms with Gasteiger partial charge in [0.2, 0.25) is 0 Å². The molecule has 19 heavy (non-hydrogen) atoms. The van der Waals surface area contributed by atoms with E-state index in [-0.39, 0.29) is 12.2 Å². The molecular formula is C13H8BrClF3N. The second-order valence-electron chi connectivity index (χ2n) is 3.81. The number of benzene rings is 2. The minimum absolute atomic E-state index is 0.106. The van der Waals surface area contributed by atoms with Crippen molar-refractivity contribution >= 4 is 33.2 Å². The lowest BCUT2D eigenvalue weighted by Crippen LogP contribution is -2.04. The predicted molar refractivity (Wildman–Crippen MR) is 72.8 cm³/mol. The van der Waals surface area contributed by atoms with Crippen LogP contribution in [0, 0.1) is 17.5 Å². The average Bonchev–Trinajstić information content (AvgIpc) is 2.39. The summed E-state index contributed by atoms with van der Waals surface area (Å²) in [6.07, 6.45) is 0. The van der Waals surface area contributed by atoms with Gasteiger partial charge in [-0.15, -0.1) is 0 Å². The van der Waals surface area contributed by atoms with E-state index in [0.29, 0.717) is 5.02 Å². The summed E-state index contributed by atoms with van der Waals surface area (Å²) in [5.41, 5.74) is 0.669. The Hall–Kier alpha value is -1.20. The van der Waals surface area contributed by atoms with E-state index in [1.807, 2.05) is 0 Å². The Kier molecular flexibility index (Phi) is 4.37. The Labute approximate surface area is 121 Å². The molecular weight excluding hydrogens is 343 g/mol. The molecule has 0 spiro atoms. The molecule has 0 unspecified atom stereocenters. The first-order chi connectivity index (χ1) is 8.99. The molecule has 6 heteroatoms. The number of rotatable bonds is 3. The van der Waals surface area contributed by atoms with Gasteiger partial charge in [0.15, 0.2) is 17.5 Å². The zero-order valence-corrected chi connectivity index (χ0v) is 11.8. The molecule has 0 aliphatic carbocycles. The average molecular weight is 351 g/mol. The summed E-state index contributed by atoms with van der Waals surface area (Å²) in [6.45, 7) is 0.225. The number of halogens is 5. The molecule has 100 valence electrons. The molecule has 0 saturated carbocycles. The summed E-state index contributed by atoms with van der Waals surface area (Å²) in [5, 5.41) is 3.23. The predicted octanol–water partition coefficient (Wildman–Crippen LogP) is 5.13. The van der Waals surface area contributed by atoms with Crippen LogP contribution in [-0.2, 0) is 6.54 Å². The molecule has 0 amide bonds. The van der Waals surface area contributed by atoms with Crippen molar-refractivity contribution < 1.29 is 13.2 Å². The molecule has 0 atom stereocenters. The third kappa shape index (κ3) is 3.22. The number of nitrogens with one attached hydrogen (secondary N) is 1. The van der Waals surface area contributed by atoms with Crippen molar-refractivity contribution in [3.05, 3.63) is 62.8 Å². The van der Waals surface area contributed by atoms with Crippen LogP contribution in [0.5, 0.6) is 0 Å². The second-order valence-corrected chi connectivity index (χ2v) is 5.10. The van der Waals surface area contributed by atoms with Gasteiger partial charge in [0, 0.05) is 16.0 Å².